The molecule has 2 aliphatic rings. The van der Waals surface area contributed by atoms with E-state index in [9.17, 15) is 13.2 Å². The van der Waals surface area contributed by atoms with Crippen LogP contribution in [0.15, 0.2) is 43.1 Å². The standard InChI is InChI=1S/C28H30F2N8O3S/c1-2-18-14-31-28(32-15-18)37-7-5-20(6-8-37)38-16-22(30)24-25(33-17-34-26(24)38)35-23-4-3-19(13-21(23)29)27(39)36-9-11-42(40,41)12-10-36/h3-4,13-17,20H,2,5-12H2,1H3,(H,33,34,35). The van der Waals surface area contributed by atoms with Crippen LogP contribution in [0.3, 0.4) is 0 Å². The van der Waals surface area contributed by atoms with Crippen LogP contribution in [0.25, 0.3) is 11.0 Å². The molecule has 42 heavy (non-hydrogen) atoms. The summed E-state index contributed by atoms with van der Waals surface area (Å²) in [6.45, 7) is 3.60. The van der Waals surface area contributed by atoms with Crippen LogP contribution >= 0.6 is 0 Å². The third-order valence-electron chi connectivity index (χ3n) is 7.90. The summed E-state index contributed by atoms with van der Waals surface area (Å²) in [5.74, 6) is -1.14. The van der Waals surface area contributed by atoms with E-state index in [0.29, 0.717) is 24.7 Å². The Hall–Kier alpha value is -4.20. The molecule has 1 amide bonds. The number of halogens is 2. The molecule has 0 aliphatic carbocycles. The van der Waals surface area contributed by atoms with Crippen molar-refractivity contribution in [1.29, 1.82) is 0 Å². The quantitative estimate of drug-likeness (QED) is 0.356. The first-order chi connectivity index (χ1) is 20.2. The molecule has 11 nitrogen and oxygen atoms in total. The summed E-state index contributed by atoms with van der Waals surface area (Å²) in [7, 11) is -3.15. The largest absolute Gasteiger partial charge is 0.341 e. The molecule has 3 aromatic heterocycles. The Labute approximate surface area is 241 Å². The first-order valence-corrected chi connectivity index (χ1v) is 15.7. The molecule has 5 heterocycles. The maximum absolute atomic E-state index is 15.3. The highest BCUT2D eigenvalue weighted by Crippen LogP contribution is 2.33. The Morgan fingerprint density at radius 3 is 2.38 bits per heavy atom. The fraction of sp³-hybridized carbons (Fsp3) is 0.393. The Bertz CT molecular complexity index is 1720. The third-order valence-corrected chi connectivity index (χ3v) is 9.51. The van der Waals surface area contributed by atoms with Gasteiger partial charge < -0.3 is 19.7 Å². The molecule has 0 spiro atoms. The van der Waals surface area contributed by atoms with E-state index in [2.05, 4.69) is 37.1 Å². The van der Waals surface area contributed by atoms with Crippen molar-refractivity contribution in [3.8, 4) is 0 Å². The van der Waals surface area contributed by atoms with E-state index in [-0.39, 0.29) is 53.1 Å². The number of nitrogens with one attached hydrogen (secondary N) is 1. The monoisotopic (exact) mass is 596 g/mol. The number of aryl methyl sites for hydroxylation is 1. The van der Waals surface area contributed by atoms with Crippen LogP contribution < -0.4 is 10.2 Å². The van der Waals surface area contributed by atoms with Crippen molar-refractivity contribution in [1.82, 2.24) is 29.4 Å². The molecule has 0 bridgehead atoms. The highest BCUT2D eigenvalue weighted by Gasteiger charge is 2.28. The average Bonchev–Trinajstić information content (AvgIpc) is 3.35. The molecule has 1 N–H and O–H groups in total. The van der Waals surface area contributed by atoms with E-state index in [4.69, 9.17) is 0 Å². The van der Waals surface area contributed by atoms with Crippen LogP contribution in [0.5, 0.6) is 0 Å². The Morgan fingerprint density at radius 1 is 1.00 bits per heavy atom. The summed E-state index contributed by atoms with van der Waals surface area (Å²) in [5, 5.41) is 3.00. The van der Waals surface area contributed by atoms with Crippen LogP contribution in [-0.2, 0) is 16.3 Å². The number of amides is 1. The van der Waals surface area contributed by atoms with Gasteiger partial charge in [-0.3, -0.25) is 4.79 Å². The number of anilines is 3. The minimum atomic E-state index is -3.15. The molecule has 14 heteroatoms. The zero-order valence-corrected chi connectivity index (χ0v) is 23.8. The average molecular weight is 597 g/mol. The van der Waals surface area contributed by atoms with Gasteiger partial charge in [0.05, 0.1) is 22.6 Å². The fourth-order valence-electron chi connectivity index (χ4n) is 5.43. The number of carbonyl (C=O) groups is 1. The van der Waals surface area contributed by atoms with Gasteiger partial charge in [0.1, 0.15) is 23.6 Å². The molecular weight excluding hydrogens is 566 g/mol. The van der Waals surface area contributed by atoms with Gasteiger partial charge in [-0.25, -0.2) is 37.1 Å². The second kappa shape index (κ2) is 11.2. The van der Waals surface area contributed by atoms with Gasteiger partial charge in [0.25, 0.3) is 5.91 Å². The molecule has 220 valence electrons. The number of carbonyl (C=O) groups excluding carboxylic acids is 1. The van der Waals surface area contributed by atoms with Gasteiger partial charge in [-0.2, -0.15) is 0 Å². The molecule has 4 aromatic rings. The van der Waals surface area contributed by atoms with Crippen LogP contribution in [-0.4, -0.2) is 81.4 Å². The summed E-state index contributed by atoms with van der Waals surface area (Å²) >= 11 is 0. The second-order valence-corrected chi connectivity index (χ2v) is 12.8. The minimum absolute atomic E-state index is 0.00211. The van der Waals surface area contributed by atoms with Gasteiger partial charge in [-0.05, 0) is 43.0 Å². The number of sulfone groups is 1. The van der Waals surface area contributed by atoms with Crippen LogP contribution in [0, 0.1) is 11.6 Å². The maximum Gasteiger partial charge on any atom is 0.254 e. The van der Waals surface area contributed by atoms with Crippen molar-refractivity contribution < 1.29 is 22.0 Å². The maximum atomic E-state index is 15.3. The zero-order chi connectivity index (χ0) is 29.4. The number of nitrogens with zero attached hydrogens (tertiary/aromatic N) is 7. The summed E-state index contributed by atoms with van der Waals surface area (Å²) in [6.07, 6.45) is 8.75. The second-order valence-electron chi connectivity index (χ2n) is 10.5. The third kappa shape index (κ3) is 5.50. The van der Waals surface area contributed by atoms with Crippen molar-refractivity contribution in [2.45, 2.75) is 32.2 Å². The topological polar surface area (TPSA) is 126 Å². The van der Waals surface area contributed by atoms with Gasteiger partial charge in [0.15, 0.2) is 15.7 Å². The van der Waals surface area contributed by atoms with Crippen LogP contribution in [0.2, 0.25) is 0 Å². The molecule has 0 radical (unpaired) electrons. The molecular formula is C28H30F2N8O3S. The molecule has 1 aromatic carbocycles. The lowest BCUT2D eigenvalue weighted by Crippen LogP contribution is -2.43. The highest BCUT2D eigenvalue weighted by atomic mass is 32.2. The Balaban J connectivity index is 1.17. The van der Waals surface area contributed by atoms with Gasteiger partial charge in [0, 0.05) is 56.4 Å². The fourth-order valence-corrected chi connectivity index (χ4v) is 6.63. The van der Waals surface area contributed by atoms with Gasteiger partial charge >= 0.3 is 0 Å². The Kier molecular flexibility index (Phi) is 7.47. The van der Waals surface area contributed by atoms with Crippen molar-refractivity contribution in [3.63, 3.8) is 0 Å². The normalized spacial score (nSPS) is 17.5. The summed E-state index contributed by atoms with van der Waals surface area (Å²) in [6, 6.07) is 3.92. The minimum Gasteiger partial charge on any atom is -0.341 e. The molecule has 0 unspecified atom stereocenters. The van der Waals surface area contributed by atoms with Crippen LogP contribution in [0.1, 0.15) is 41.7 Å². The van der Waals surface area contributed by atoms with E-state index >= 15 is 8.78 Å². The van der Waals surface area contributed by atoms with E-state index in [1.807, 2.05) is 17.0 Å². The number of fused-ring (bicyclic) bond motifs is 1. The number of hydrogen-bond acceptors (Lipinski definition) is 9. The number of aromatic nitrogens is 5. The van der Waals surface area contributed by atoms with Crippen molar-refractivity contribution in [2.75, 3.05) is 47.9 Å². The van der Waals surface area contributed by atoms with Gasteiger partial charge in [-0.1, -0.05) is 6.92 Å². The SMILES string of the molecule is CCc1cnc(N2CCC(n3cc(F)c4c(Nc5ccc(C(=O)N6CCS(=O)(=O)CC6)cc5F)ncnc43)CC2)nc1. The predicted molar refractivity (Wildman–Crippen MR) is 154 cm³/mol. The lowest BCUT2D eigenvalue weighted by atomic mass is 10.1. The molecule has 2 aliphatic heterocycles. The van der Waals surface area contributed by atoms with Crippen molar-refractivity contribution >= 4 is 44.2 Å². The van der Waals surface area contributed by atoms with E-state index < -0.39 is 27.4 Å². The predicted octanol–water partition coefficient (Wildman–Crippen LogP) is 3.52. The number of piperidine rings is 1. The number of hydrogen-bond donors (Lipinski definition) is 1. The van der Waals surface area contributed by atoms with E-state index in [1.165, 1.54) is 29.6 Å². The Morgan fingerprint density at radius 2 is 1.71 bits per heavy atom. The summed E-state index contributed by atoms with van der Waals surface area (Å²) in [4.78, 5) is 33.8. The smallest absolute Gasteiger partial charge is 0.254 e. The van der Waals surface area contributed by atoms with Crippen LogP contribution in [0.4, 0.5) is 26.2 Å². The molecule has 2 fully saturated rings. The zero-order valence-electron chi connectivity index (χ0n) is 23.0. The molecule has 6 rings (SSSR count). The van der Waals surface area contributed by atoms with Gasteiger partial charge in [-0.15, -0.1) is 0 Å². The highest BCUT2D eigenvalue weighted by molar-refractivity contribution is 7.91. The first kappa shape index (κ1) is 27.9. The lowest BCUT2D eigenvalue weighted by Gasteiger charge is -2.32. The van der Waals surface area contributed by atoms with Crippen molar-refractivity contribution in [3.05, 3.63) is 65.9 Å². The summed E-state index contributed by atoms with van der Waals surface area (Å²) in [5.41, 5.74) is 1.59. The lowest BCUT2D eigenvalue weighted by molar-refractivity contribution is 0.0770. The molecule has 2 saturated heterocycles. The number of benzene rings is 1. The number of rotatable bonds is 6. The molecule has 0 saturated carbocycles. The first-order valence-electron chi connectivity index (χ1n) is 13.9. The van der Waals surface area contributed by atoms with E-state index in [0.717, 1.165) is 30.9 Å². The van der Waals surface area contributed by atoms with Gasteiger partial charge in [0.2, 0.25) is 5.95 Å². The van der Waals surface area contributed by atoms with Crippen molar-refractivity contribution in [2.24, 2.45) is 0 Å². The molecule has 0 atom stereocenters. The van der Waals surface area contributed by atoms with E-state index in [1.54, 1.807) is 0 Å². The summed E-state index contributed by atoms with van der Waals surface area (Å²) < 4.78 is 55.6.